The molecule has 2 aromatic heterocycles. The van der Waals surface area contributed by atoms with Crippen molar-refractivity contribution in [1.82, 2.24) is 19.8 Å². The summed E-state index contributed by atoms with van der Waals surface area (Å²) in [6, 6.07) is 22.8. The molecule has 2 N–H and O–H groups in total. The van der Waals surface area contributed by atoms with E-state index in [0.717, 1.165) is 17.0 Å². The predicted molar refractivity (Wildman–Crippen MR) is 162 cm³/mol. The highest BCUT2D eigenvalue weighted by Crippen LogP contribution is 2.30. The van der Waals surface area contributed by atoms with Crippen LogP contribution >= 0.6 is 11.3 Å². The molecule has 0 spiro atoms. The normalized spacial score (nSPS) is 14.3. The van der Waals surface area contributed by atoms with Gasteiger partial charge in [-0.3, -0.25) is 14.2 Å². The fourth-order valence-corrected chi connectivity index (χ4v) is 6.93. The third-order valence-corrected chi connectivity index (χ3v) is 9.48. The van der Waals surface area contributed by atoms with Gasteiger partial charge in [0.1, 0.15) is 18.0 Å². The van der Waals surface area contributed by atoms with Gasteiger partial charge in [-0.1, -0.05) is 41.7 Å². The van der Waals surface area contributed by atoms with Crippen LogP contribution in [0.4, 0.5) is 22.3 Å². The van der Waals surface area contributed by atoms with Crippen LogP contribution in [0.15, 0.2) is 78.2 Å². The molecule has 5 aromatic rings. The number of H-pyrrole nitrogens is 1. The van der Waals surface area contributed by atoms with Crippen LogP contribution in [-0.2, 0) is 27.8 Å². The summed E-state index contributed by atoms with van der Waals surface area (Å²) in [5.41, 5.74) is 3.78. The largest absolute Gasteiger partial charge is 0.489 e. The van der Waals surface area contributed by atoms with E-state index in [4.69, 9.17) is 4.74 Å². The first-order valence-corrected chi connectivity index (χ1v) is 15.4. The molecule has 1 saturated heterocycles. The van der Waals surface area contributed by atoms with Crippen molar-refractivity contribution in [2.75, 3.05) is 21.9 Å². The second kappa shape index (κ2) is 11.1. The Morgan fingerprint density at radius 1 is 1.12 bits per heavy atom. The number of carbonyl (C=O) groups excluding carboxylic acids is 1. The Hall–Kier alpha value is -4.55. The molecule has 0 bridgehead atoms. The van der Waals surface area contributed by atoms with Gasteiger partial charge in [0.25, 0.3) is 0 Å². The van der Waals surface area contributed by atoms with Crippen LogP contribution in [-0.4, -0.2) is 48.5 Å². The number of hydrogen-bond acceptors (Lipinski definition) is 7. The first-order chi connectivity index (χ1) is 19.9. The number of amides is 1. The Labute approximate surface area is 241 Å². The van der Waals surface area contributed by atoms with Crippen molar-refractivity contribution in [3.05, 3.63) is 89.4 Å². The molecule has 1 fully saturated rings. The Kier molecular flexibility index (Phi) is 7.25. The summed E-state index contributed by atoms with van der Waals surface area (Å²) in [5, 5.41) is 13.0. The van der Waals surface area contributed by atoms with Gasteiger partial charge in [0.05, 0.1) is 30.1 Å². The third-order valence-electron chi connectivity index (χ3n) is 6.70. The second-order valence-electron chi connectivity index (χ2n) is 9.59. The summed E-state index contributed by atoms with van der Waals surface area (Å²) in [7, 11) is -3.32. The van der Waals surface area contributed by atoms with Gasteiger partial charge in [-0.2, -0.15) is 9.67 Å². The van der Waals surface area contributed by atoms with Gasteiger partial charge in [0, 0.05) is 17.3 Å². The lowest BCUT2D eigenvalue weighted by Gasteiger charge is -2.16. The highest BCUT2D eigenvalue weighted by molar-refractivity contribution is 7.93. The Morgan fingerprint density at radius 3 is 2.68 bits per heavy atom. The van der Waals surface area contributed by atoms with Gasteiger partial charge in [-0.15, -0.1) is 0 Å². The highest BCUT2D eigenvalue weighted by Gasteiger charge is 2.29. The zero-order valence-electron chi connectivity index (χ0n) is 22.0. The average Bonchev–Trinajstić information content (AvgIpc) is 3.70. The number of anilines is 2. The van der Waals surface area contributed by atoms with Crippen molar-refractivity contribution in [3.63, 3.8) is 0 Å². The summed E-state index contributed by atoms with van der Waals surface area (Å²) < 4.78 is 33.7. The van der Waals surface area contributed by atoms with Crippen LogP contribution < -0.4 is 18.9 Å². The van der Waals surface area contributed by atoms with Crippen molar-refractivity contribution >= 4 is 67.2 Å². The number of benzene rings is 3. The number of nitrogens with one attached hydrogen (secondary N) is 2. The molecular weight excluding hydrogens is 560 g/mol. The molecule has 3 aromatic carbocycles. The smallest absolute Gasteiger partial charge is 0.387 e. The van der Waals surface area contributed by atoms with Gasteiger partial charge < -0.3 is 10.1 Å². The number of nitrogens with zero attached hydrogens (tertiary/aromatic N) is 4. The van der Waals surface area contributed by atoms with Gasteiger partial charge in [-0.25, -0.2) is 8.42 Å². The quantitative estimate of drug-likeness (QED) is 0.188. The molecule has 0 saturated carbocycles. The van der Waals surface area contributed by atoms with Gasteiger partial charge in [0.2, 0.25) is 15.9 Å². The molecule has 0 atom stereocenters. The van der Waals surface area contributed by atoms with Crippen molar-refractivity contribution in [2.45, 2.75) is 19.4 Å². The van der Waals surface area contributed by atoms with E-state index < -0.39 is 10.0 Å². The molecule has 1 amide bonds. The van der Waals surface area contributed by atoms with E-state index in [1.165, 1.54) is 15.6 Å². The van der Waals surface area contributed by atoms with E-state index in [1.807, 2.05) is 60.0 Å². The maximum atomic E-state index is 12.9. The van der Waals surface area contributed by atoms with E-state index >= 15 is 0 Å². The maximum absolute atomic E-state index is 12.9. The van der Waals surface area contributed by atoms with Crippen molar-refractivity contribution in [1.29, 1.82) is 0 Å². The van der Waals surface area contributed by atoms with E-state index in [0.29, 0.717) is 52.8 Å². The second-order valence-corrected chi connectivity index (χ2v) is 12.4. The minimum absolute atomic E-state index is 0.0468. The third kappa shape index (κ3) is 5.83. The number of aromatic amines is 1. The first kappa shape index (κ1) is 26.7. The monoisotopic (exact) mass is 587 g/mol. The topological polar surface area (TPSA) is 120 Å². The first-order valence-electron chi connectivity index (χ1n) is 13.0. The number of ether oxygens (including phenoxy) is 1. The lowest BCUT2D eigenvalue weighted by molar-refractivity contribution is -0.115. The van der Waals surface area contributed by atoms with Crippen molar-refractivity contribution < 1.29 is 17.9 Å². The van der Waals surface area contributed by atoms with Crippen molar-refractivity contribution in [3.8, 4) is 5.75 Å². The van der Waals surface area contributed by atoms with Crippen LogP contribution in [0.1, 0.15) is 17.7 Å². The van der Waals surface area contributed by atoms with Gasteiger partial charge in [0.15, 0.2) is 11.5 Å². The molecule has 3 heterocycles. The Balaban J connectivity index is 1.08. The molecule has 0 radical (unpaired) electrons. The summed E-state index contributed by atoms with van der Waals surface area (Å²) in [6.45, 7) is 5.05. The minimum atomic E-state index is -3.32. The van der Waals surface area contributed by atoms with E-state index in [-0.39, 0.29) is 18.1 Å². The zero-order chi connectivity index (χ0) is 28.4. The number of sulfonamides is 1. The standard InChI is InChI=1S/C29H26N6O4S2/c1-34(22-8-11-24(12-9-22)39-18-20-6-3-2-4-7-20)29-30-21(19-40-29)16-27(36)31-28-25-17-23(10-13-26(25)32-33-28)35-14-5-15-41(35,37)38/h2-4,6-13,17,19H,1,5,14-16,18H2,(H-,31,32,33,36)/p+1. The number of thiazole rings is 1. The SMILES string of the molecule is C=[N+](c1ccc(OCc2ccccc2)cc1)c1nc(CC(=O)Nc2n[nH]c3ccc(N4CCCS4(=O)=O)cc23)cs1. The molecule has 41 heavy (non-hydrogen) atoms. The summed E-state index contributed by atoms with van der Waals surface area (Å²) in [5.74, 6) is 0.939. The summed E-state index contributed by atoms with van der Waals surface area (Å²) in [6.07, 6.45) is 0.634. The van der Waals surface area contributed by atoms with Crippen LogP contribution in [0, 0.1) is 0 Å². The number of hydrogen-bond donors (Lipinski definition) is 2. The lowest BCUT2D eigenvalue weighted by Crippen LogP contribution is -2.24. The number of aromatic nitrogens is 3. The summed E-state index contributed by atoms with van der Waals surface area (Å²) in [4.78, 5) is 17.5. The molecule has 6 rings (SSSR count). The summed E-state index contributed by atoms with van der Waals surface area (Å²) >= 11 is 1.39. The molecule has 1 aliphatic heterocycles. The molecule has 0 unspecified atom stereocenters. The lowest BCUT2D eigenvalue weighted by atomic mass is 10.2. The van der Waals surface area contributed by atoms with Crippen LogP contribution in [0.25, 0.3) is 10.9 Å². The van der Waals surface area contributed by atoms with Crippen LogP contribution in [0.3, 0.4) is 0 Å². The fraction of sp³-hybridized carbons (Fsp3) is 0.172. The maximum Gasteiger partial charge on any atom is 0.387 e. The molecule has 12 heteroatoms. The van der Waals surface area contributed by atoms with Crippen molar-refractivity contribution in [2.24, 2.45) is 0 Å². The van der Waals surface area contributed by atoms with Crippen LogP contribution in [0.5, 0.6) is 5.75 Å². The highest BCUT2D eigenvalue weighted by atomic mass is 32.2. The van der Waals surface area contributed by atoms with E-state index in [2.05, 4.69) is 27.2 Å². The van der Waals surface area contributed by atoms with E-state index in [1.54, 1.807) is 22.8 Å². The molecule has 0 aliphatic carbocycles. The number of rotatable bonds is 9. The van der Waals surface area contributed by atoms with Gasteiger partial charge >= 0.3 is 5.13 Å². The fourth-order valence-electron chi connectivity index (χ4n) is 4.60. The molecular formula is C29H27N6O4S2+. The van der Waals surface area contributed by atoms with Gasteiger partial charge in [-0.05, 0) is 59.4 Å². The molecule has 208 valence electrons. The van der Waals surface area contributed by atoms with Crippen LogP contribution in [0.2, 0.25) is 0 Å². The minimum Gasteiger partial charge on any atom is -0.489 e. The predicted octanol–water partition coefficient (Wildman–Crippen LogP) is 4.85. The average molecular weight is 588 g/mol. The number of carbonyl (C=O) groups is 1. The number of fused-ring (bicyclic) bond motifs is 1. The molecule has 1 aliphatic rings. The molecule has 10 nitrogen and oxygen atoms in total. The van der Waals surface area contributed by atoms with E-state index in [9.17, 15) is 13.2 Å². The Bertz CT molecular complexity index is 1830. The Morgan fingerprint density at radius 2 is 1.93 bits per heavy atom. The zero-order valence-corrected chi connectivity index (χ0v) is 23.6.